The third-order valence-electron chi connectivity index (χ3n) is 12.8. The van der Waals surface area contributed by atoms with Crippen molar-refractivity contribution in [3.63, 3.8) is 0 Å². The van der Waals surface area contributed by atoms with Crippen molar-refractivity contribution in [3.05, 3.63) is 203 Å². The van der Waals surface area contributed by atoms with Gasteiger partial charge in [-0.15, -0.1) is 0 Å². The molecule has 0 fully saturated rings. The molecule has 2 aliphatic rings. The van der Waals surface area contributed by atoms with Gasteiger partial charge in [-0.2, -0.15) is 0 Å². The van der Waals surface area contributed by atoms with Crippen LogP contribution >= 0.6 is 0 Å². The first-order chi connectivity index (χ1) is 27.9. The van der Waals surface area contributed by atoms with Crippen LogP contribution in [0.5, 0.6) is 0 Å². The van der Waals surface area contributed by atoms with E-state index in [1.807, 2.05) is 6.07 Å². The Morgan fingerprint density at radius 2 is 1.21 bits per heavy atom. The molecule has 0 spiro atoms. The van der Waals surface area contributed by atoms with E-state index in [0.717, 1.165) is 29.4 Å². The number of aryl methyl sites for hydroxylation is 2. The van der Waals surface area contributed by atoms with Crippen LogP contribution in [0.25, 0.3) is 88.5 Å². The number of para-hydroxylation sites is 1. The molecule has 0 atom stereocenters. The number of allylic oxidation sites excluding steroid dienone is 3. The lowest BCUT2D eigenvalue weighted by atomic mass is 9.79. The van der Waals surface area contributed by atoms with Gasteiger partial charge in [0.25, 0.3) is 0 Å². The molecule has 0 unspecified atom stereocenters. The zero-order valence-corrected chi connectivity index (χ0v) is 32.6. The van der Waals surface area contributed by atoms with E-state index in [1.165, 1.54) is 105 Å². The molecule has 8 aromatic carbocycles. The highest BCUT2D eigenvalue weighted by Gasteiger charge is 2.38. The SMILES string of the molecule is C=CC1=C(c2c(C)ccc3oc4ccccc4c23)c2ccc(-c3c4ccccc4c(-c4cccc(-c5ccc6c(c5)C=CCC6)c4)c4ccccc34)cc2C1(C)C. The van der Waals surface area contributed by atoms with Gasteiger partial charge in [0.2, 0.25) is 0 Å². The van der Waals surface area contributed by atoms with Crippen molar-refractivity contribution in [1.82, 2.24) is 0 Å². The number of fused-ring (bicyclic) bond motifs is 7. The standard InChI is InChI=1S/C56H42O/c1-5-47-54(51-34(2)25-30-50-55(51)46-23-12-13-24-49(46)57-50)45-29-28-40(33-48(45)56(47,3)4)53-43-21-10-8-19-41(43)52(42-20-9-11-22-44(42)53)39-18-14-17-37(32-39)38-27-26-35-15-6-7-16-36(35)31-38/h5,7-14,16-33H,1,6,15H2,2-4H3. The van der Waals surface area contributed by atoms with Crippen molar-refractivity contribution < 1.29 is 4.42 Å². The summed E-state index contributed by atoms with van der Waals surface area (Å²) in [5.41, 5.74) is 19.4. The van der Waals surface area contributed by atoms with Crippen molar-refractivity contribution in [3.8, 4) is 33.4 Å². The maximum absolute atomic E-state index is 6.41. The number of furan rings is 1. The minimum absolute atomic E-state index is 0.269. The summed E-state index contributed by atoms with van der Waals surface area (Å²) in [6, 6.07) is 54.0. The van der Waals surface area contributed by atoms with Crippen molar-refractivity contribution in [2.75, 3.05) is 0 Å². The lowest BCUT2D eigenvalue weighted by molar-refractivity contribution is 0.654. The van der Waals surface area contributed by atoms with Crippen LogP contribution in [-0.4, -0.2) is 0 Å². The van der Waals surface area contributed by atoms with E-state index >= 15 is 0 Å². The summed E-state index contributed by atoms with van der Waals surface area (Å²) in [7, 11) is 0. The van der Waals surface area contributed by atoms with Crippen molar-refractivity contribution in [1.29, 1.82) is 0 Å². The molecule has 272 valence electrons. The molecular formula is C56H42O. The summed E-state index contributed by atoms with van der Waals surface area (Å²) in [5.74, 6) is 0. The summed E-state index contributed by atoms with van der Waals surface area (Å²) in [6.07, 6.45) is 8.90. The topological polar surface area (TPSA) is 13.1 Å². The quantitative estimate of drug-likeness (QED) is 0.161. The van der Waals surface area contributed by atoms with Crippen molar-refractivity contribution >= 4 is 55.1 Å². The minimum atomic E-state index is -0.269. The lowest BCUT2D eigenvalue weighted by Crippen LogP contribution is -2.16. The fourth-order valence-electron chi connectivity index (χ4n) is 10.1. The highest BCUT2D eigenvalue weighted by atomic mass is 16.3. The molecule has 0 amide bonds. The van der Waals surface area contributed by atoms with E-state index < -0.39 is 0 Å². The zero-order valence-electron chi connectivity index (χ0n) is 32.6. The van der Waals surface area contributed by atoms with Crippen LogP contribution in [0.1, 0.15) is 53.6 Å². The predicted molar refractivity (Wildman–Crippen MR) is 243 cm³/mol. The first-order valence-corrected chi connectivity index (χ1v) is 20.2. The molecule has 0 saturated heterocycles. The van der Waals surface area contributed by atoms with Crippen molar-refractivity contribution in [2.45, 2.75) is 39.0 Å². The van der Waals surface area contributed by atoms with Gasteiger partial charge >= 0.3 is 0 Å². The smallest absolute Gasteiger partial charge is 0.136 e. The summed E-state index contributed by atoms with van der Waals surface area (Å²) in [6.45, 7) is 11.4. The molecule has 1 nitrogen and oxygen atoms in total. The van der Waals surface area contributed by atoms with Crippen LogP contribution in [0.3, 0.4) is 0 Å². The largest absolute Gasteiger partial charge is 0.456 e. The Morgan fingerprint density at radius 1 is 0.579 bits per heavy atom. The molecule has 0 saturated carbocycles. The van der Waals surface area contributed by atoms with Gasteiger partial charge in [-0.05, 0) is 150 Å². The van der Waals surface area contributed by atoms with Crippen molar-refractivity contribution in [2.24, 2.45) is 0 Å². The number of rotatable bonds is 5. The Bertz CT molecular complexity index is 3180. The van der Waals surface area contributed by atoms with Crippen LogP contribution in [0.4, 0.5) is 0 Å². The van der Waals surface area contributed by atoms with Crippen LogP contribution in [0, 0.1) is 6.92 Å². The minimum Gasteiger partial charge on any atom is -0.456 e. The summed E-state index contributed by atoms with van der Waals surface area (Å²) < 4.78 is 6.41. The van der Waals surface area contributed by atoms with Crippen LogP contribution in [0.15, 0.2) is 174 Å². The lowest BCUT2D eigenvalue weighted by Gasteiger charge is -2.24. The van der Waals surface area contributed by atoms with E-state index in [2.05, 4.69) is 185 Å². The second-order valence-corrected chi connectivity index (χ2v) is 16.4. The van der Waals surface area contributed by atoms with E-state index in [4.69, 9.17) is 4.42 Å². The van der Waals surface area contributed by atoms with Gasteiger partial charge in [-0.3, -0.25) is 0 Å². The second kappa shape index (κ2) is 12.7. The molecule has 11 rings (SSSR count). The van der Waals surface area contributed by atoms with E-state index in [-0.39, 0.29) is 5.41 Å². The fraction of sp³-hybridized carbons (Fsp3) is 0.107. The molecule has 0 radical (unpaired) electrons. The highest BCUT2D eigenvalue weighted by Crippen LogP contribution is 2.54. The average molecular weight is 731 g/mol. The molecule has 0 N–H and O–H groups in total. The van der Waals surface area contributed by atoms with Gasteiger partial charge in [0.05, 0.1) is 0 Å². The second-order valence-electron chi connectivity index (χ2n) is 16.4. The summed E-state index contributed by atoms with van der Waals surface area (Å²) in [5, 5.41) is 7.36. The third-order valence-corrected chi connectivity index (χ3v) is 12.8. The fourth-order valence-corrected chi connectivity index (χ4v) is 10.1. The molecule has 0 aliphatic heterocycles. The zero-order chi connectivity index (χ0) is 38.4. The molecular weight excluding hydrogens is 689 g/mol. The molecule has 9 aromatic rings. The van der Waals surface area contributed by atoms with E-state index in [0.29, 0.717) is 0 Å². The first kappa shape index (κ1) is 33.6. The Hall–Kier alpha value is -6.70. The average Bonchev–Trinajstić information content (AvgIpc) is 3.73. The molecule has 1 heterocycles. The first-order valence-electron chi connectivity index (χ1n) is 20.2. The Morgan fingerprint density at radius 3 is 1.93 bits per heavy atom. The molecule has 1 heteroatoms. The molecule has 0 bridgehead atoms. The normalized spacial score (nSPS) is 14.5. The predicted octanol–water partition coefficient (Wildman–Crippen LogP) is 15.4. The van der Waals surface area contributed by atoms with Crippen LogP contribution in [-0.2, 0) is 11.8 Å². The van der Waals surface area contributed by atoms with Gasteiger partial charge in [-0.25, -0.2) is 0 Å². The summed E-state index contributed by atoms with van der Waals surface area (Å²) in [4.78, 5) is 0. The van der Waals surface area contributed by atoms with Gasteiger partial charge in [0, 0.05) is 16.2 Å². The van der Waals surface area contributed by atoms with Gasteiger partial charge in [0.1, 0.15) is 11.2 Å². The maximum Gasteiger partial charge on any atom is 0.136 e. The Balaban J connectivity index is 1.11. The third kappa shape index (κ3) is 5.02. The monoisotopic (exact) mass is 730 g/mol. The number of benzene rings is 8. The highest BCUT2D eigenvalue weighted by molar-refractivity contribution is 6.22. The molecule has 1 aromatic heterocycles. The van der Waals surface area contributed by atoms with E-state index in [9.17, 15) is 0 Å². The Labute approximate surface area is 333 Å². The molecule has 2 aliphatic carbocycles. The molecule has 57 heavy (non-hydrogen) atoms. The Kier molecular flexibility index (Phi) is 7.47. The van der Waals surface area contributed by atoms with Gasteiger partial charge in [0.15, 0.2) is 0 Å². The number of hydrogen-bond acceptors (Lipinski definition) is 1. The summed E-state index contributed by atoms with van der Waals surface area (Å²) >= 11 is 0. The van der Waals surface area contributed by atoms with Gasteiger partial charge < -0.3 is 4.42 Å². The van der Waals surface area contributed by atoms with Crippen LogP contribution in [0.2, 0.25) is 0 Å². The van der Waals surface area contributed by atoms with Crippen LogP contribution < -0.4 is 0 Å². The van der Waals surface area contributed by atoms with Gasteiger partial charge in [-0.1, -0.05) is 154 Å². The number of hydrogen-bond donors (Lipinski definition) is 0. The van der Waals surface area contributed by atoms with E-state index in [1.54, 1.807) is 0 Å². The maximum atomic E-state index is 6.41.